The fraction of sp³-hybridized carbons (Fsp3) is 0.625. The number of aryl methyl sites for hydroxylation is 1. The van der Waals surface area contributed by atoms with Gasteiger partial charge in [0.2, 0.25) is 0 Å². The summed E-state index contributed by atoms with van der Waals surface area (Å²) in [5.74, 6) is -1.15. The van der Waals surface area contributed by atoms with Crippen molar-refractivity contribution < 1.29 is 13.2 Å². The van der Waals surface area contributed by atoms with Crippen LogP contribution in [-0.2, 0) is 6.42 Å². The van der Waals surface area contributed by atoms with E-state index in [9.17, 15) is 13.2 Å². The van der Waals surface area contributed by atoms with Crippen molar-refractivity contribution in [1.82, 2.24) is 0 Å². The lowest BCUT2D eigenvalue weighted by molar-refractivity contribution is -0.179. The number of halogens is 3. The summed E-state index contributed by atoms with van der Waals surface area (Å²) in [6, 6.07) is 6.21. The Morgan fingerprint density at radius 1 is 1.29 bits per heavy atom. The molecule has 1 aliphatic heterocycles. The highest BCUT2D eigenvalue weighted by molar-refractivity contribution is 5.51. The predicted molar refractivity (Wildman–Crippen MR) is 79.5 cm³/mol. The van der Waals surface area contributed by atoms with Crippen molar-refractivity contribution in [2.75, 3.05) is 18.0 Å². The van der Waals surface area contributed by atoms with Gasteiger partial charge in [-0.25, -0.2) is 0 Å². The Hall–Kier alpha value is -1.23. The molecule has 0 bridgehead atoms. The minimum absolute atomic E-state index is 0.108. The Morgan fingerprint density at radius 3 is 2.38 bits per heavy atom. The first-order chi connectivity index (χ1) is 9.77. The second-order valence-corrected chi connectivity index (χ2v) is 6.10. The molecule has 0 amide bonds. The average molecular weight is 300 g/mol. The van der Waals surface area contributed by atoms with Crippen LogP contribution in [0.3, 0.4) is 0 Å². The topological polar surface area (TPSA) is 29.3 Å². The summed E-state index contributed by atoms with van der Waals surface area (Å²) in [7, 11) is 0. The molecular weight excluding hydrogens is 277 g/mol. The number of nitrogens with two attached hydrogens (primary N) is 1. The van der Waals surface area contributed by atoms with Gasteiger partial charge in [-0.2, -0.15) is 13.2 Å². The summed E-state index contributed by atoms with van der Waals surface area (Å²) < 4.78 is 38.0. The first-order valence-electron chi connectivity index (χ1n) is 7.44. The maximum Gasteiger partial charge on any atom is 0.391 e. The SMILES string of the molecule is Cc1cc(N2CCC(C(F)(F)F)CC2)ccc1CC(C)N. The van der Waals surface area contributed by atoms with Crippen molar-refractivity contribution in [3.05, 3.63) is 29.3 Å². The molecule has 2 rings (SSSR count). The molecule has 0 aliphatic carbocycles. The van der Waals surface area contributed by atoms with Crippen molar-refractivity contribution in [1.29, 1.82) is 0 Å². The van der Waals surface area contributed by atoms with Gasteiger partial charge < -0.3 is 10.6 Å². The quantitative estimate of drug-likeness (QED) is 0.923. The number of hydrogen-bond acceptors (Lipinski definition) is 2. The molecule has 0 saturated carbocycles. The van der Waals surface area contributed by atoms with E-state index in [-0.39, 0.29) is 18.9 Å². The van der Waals surface area contributed by atoms with Crippen LogP contribution in [0.5, 0.6) is 0 Å². The van der Waals surface area contributed by atoms with Crippen molar-refractivity contribution >= 4 is 5.69 Å². The highest BCUT2D eigenvalue weighted by atomic mass is 19.4. The van der Waals surface area contributed by atoms with Crippen LogP contribution in [0.15, 0.2) is 18.2 Å². The minimum Gasteiger partial charge on any atom is -0.371 e. The highest BCUT2D eigenvalue weighted by Gasteiger charge is 2.41. The zero-order valence-electron chi connectivity index (χ0n) is 12.6. The molecule has 1 aromatic rings. The Kier molecular flexibility index (Phi) is 4.81. The molecular formula is C16H23F3N2. The normalized spacial score (nSPS) is 18.9. The molecule has 1 fully saturated rings. The summed E-state index contributed by atoms with van der Waals surface area (Å²) >= 11 is 0. The molecule has 1 saturated heterocycles. The number of nitrogens with zero attached hydrogens (tertiary/aromatic N) is 1. The summed E-state index contributed by atoms with van der Waals surface area (Å²) in [6.07, 6.45) is -2.86. The largest absolute Gasteiger partial charge is 0.391 e. The van der Waals surface area contributed by atoms with Gasteiger partial charge in [-0.3, -0.25) is 0 Å². The van der Waals surface area contributed by atoms with Crippen molar-refractivity contribution in [3.8, 4) is 0 Å². The summed E-state index contributed by atoms with van der Waals surface area (Å²) in [6.45, 7) is 4.94. The molecule has 2 N–H and O–H groups in total. The monoisotopic (exact) mass is 300 g/mol. The maximum atomic E-state index is 12.7. The fourth-order valence-electron chi connectivity index (χ4n) is 2.92. The maximum absolute atomic E-state index is 12.7. The van der Waals surface area contributed by atoms with Gasteiger partial charge >= 0.3 is 6.18 Å². The smallest absolute Gasteiger partial charge is 0.371 e. The van der Waals surface area contributed by atoms with Crippen LogP contribution in [-0.4, -0.2) is 25.3 Å². The van der Waals surface area contributed by atoms with E-state index in [0.717, 1.165) is 17.7 Å². The van der Waals surface area contributed by atoms with Crippen LogP contribution in [0, 0.1) is 12.8 Å². The van der Waals surface area contributed by atoms with Crippen LogP contribution in [0.2, 0.25) is 0 Å². The van der Waals surface area contributed by atoms with Crippen molar-refractivity contribution in [3.63, 3.8) is 0 Å². The Labute approximate surface area is 124 Å². The van der Waals surface area contributed by atoms with Gasteiger partial charge in [0.15, 0.2) is 0 Å². The third kappa shape index (κ3) is 4.13. The molecule has 0 aromatic heterocycles. The van der Waals surface area contributed by atoms with E-state index in [2.05, 4.69) is 6.07 Å². The lowest BCUT2D eigenvalue weighted by Crippen LogP contribution is -2.39. The molecule has 1 atom stereocenters. The highest BCUT2D eigenvalue weighted by Crippen LogP contribution is 2.35. The number of anilines is 1. The van der Waals surface area contributed by atoms with E-state index >= 15 is 0 Å². The average Bonchev–Trinajstić information content (AvgIpc) is 2.40. The van der Waals surface area contributed by atoms with Gasteiger partial charge in [-0.1, -0.05) is 6.07 Å². The van der Waals surface area contributed by atoms with E-state index in [4.69, 9.17) is 5.73 Å². The summed E-state index contributed by atoms with van der Waals surface area (Å²) in [5, 5.41) is 0. The third-order valence-corrected chi connectivity index (χ3v) is 4.19. The first kappa shape index (κ1) is 16.1. The number of benzene rings is 1. The molecule has 5 heteroatoms. The van der Waals surface area contributed by atoms with Crippen molar-refractivity contribution in [2.45, 2.75) is 45.3 Å². The molecule has 1 aliphatic rings. The van der Waals surface area contributed by atoms with Crippen LogP contribution < -0.4 is 10.6 Å². The molecule has 1 heterocycles. The minimum atomic E-state index is -4.05. The standard InChI is InChI=1S/C16H23F3N2/c1-11-9-15(4-3-13(11)10-12(2)20)21-7-5-14(6-8-21)16(17,18)19/h3-4,9,12,14H,5-8,10,20H2,1-2H3. The number of hydrogen-bond donors (Lipinski definition) is 1. The van der Waals surface area contributed by atoms with Crippen LogP contribution in [0.25, 0.3) is 0 Å². The van der Waals surface area contributed by atoms with Crippen LogP contribution >= 0.6 is 0 Å². The Morgan fingerprint density at radius 2 is 1.90 bits per heavy atom. The molecule has 118 valence electrons. The van der Waals surface area contributed by atoms with E-state index in [1.165, 1.54) is 5.56 Å². The molecule has 2 nitrogen and oxygen atoms in total. The predicted octanol–water partition coefficient (Wildman–Crippen LogP) is 3.66. The van der Waals surface area contributed by atoms with Gasteiger partial charge in [0.25, 0.3) is 0 Å². The summed E-state index contributed by atoms with van der Waals surface area (Å²) in [4.78, 5) is 2.05. The Balaban J connectivity index is 2.02. The molecule has 0 radical (unpaired) electrons. The van der Waals surface area contributed by atoms with Gasteiger partial charge in [0.05, 0.1) is 5.92 Å². The first-order valence-corrected chi connectivity index (χ1v) is 7.44. The molecule has 0 spiro atoms. The summed E-state index contributed by atoms with van der Waals surface area (Å²) in [5.41, 5.74) is 9.19. The van der Waals surface area contributed by atoms with Gasteiger partial charge in [0.1, 0.15) is 0 Å². The fourth-order valence-corrected chi connectivity index (χ4v) is 2.92. The third-order valence-electron chi connectivity index (χ3n) is 4.19. The number of alkyl halides is 3. The number of rotatable bonds is 3. The molecule has 1 aromatic carbocycles. The zero-order valence-corrected chi connectivity index (χ0v) is 12.6. The van der Waals surface area contributed by atoms with Crippen LogP contribution in [0.1, 0.15) is 30.9 Å². The second kappa shape index (κ2) is 6.26. The van der Waals surface area contributed by atoms with E-state index in [0.29, 0.717) is 13.1 Å². The van der Waals surface area contributed by atoms with Crippen molar-refractivity contribution in [2.24, 2.45) is 11.7 Å². The van der Waals surface area contributed by atoms with E-state index in [1.54, 1.807) is 0 Å². The molecule has 1 unspecified atom stereocenters. The van der Waals surface area contributed by atoms with Gasteiger partial charge in [-0.15, -0.1) is 0 Å². The molecule has 21 heavy (non-hydrogen) atoms. The van der Waals surface area contributed by atoms with Crippen LogP contribution in [0.4, 0.5) is 18.9 Å². The second-order valence-electron chi connectivity index (χ2n) is 6.10. The number of piperidine rings is 1. The van der Waals surface area contributed by atoms with E-state index < -0.39 is 12.1 Å². The lowest BCUT2D eigenvalue weighted by atomic mass is 9.95. The van der Waals surface area contributed by atoms with Gasteiger partial charge in [0, 0.05) is 24.8 Å². The lowest BCUT2D eigenvalue weighted by Gasteiger charge is -2.34. The van der Waals surface area contributed by atoms with E-state index in [1.807, 2.05) is 30.9 Å². The Bertz CT molecular complexity index is 475. The van der Waals surface area contributed by atoms with Gasteiger partial charge in [-0.05, 0) is 56.4 Å². The zero-order chi connectivity index (χ0) is 15.6.